The SMILES string of the molecule is CC(C)(C)c1cc2c(cc1-c1ccccc1)=[C-]c1c(C3=CC=CC3)c(-c3ccccc3)c(C(C)(C)C)c(=C(Cc3ccccc3)Cc3ccccc3)c1=2.[Cl-].[Cl-].[Zr+3]. The standard InChI is InChI=1S/C53H49.2ClH.Zr/c1-52(2,3)46-35-44-41(33-43(46)38-25-15-9-16-26-38)34-45-47(39-29-19-20-30-39)48(40-27-17-10-18-28-40)51(53(4,5)6)49(50(44)45)42(31-36-21-11-7-12-22-36)32-37-23-13-8-14-24-37;;;/h7-29,33,35H,30-32H2,1-6H3;2*1H;/q-1;;;+3/p-2. The van der Waals surface area contributed by atoms with Gasteiger partial charge in [-0.25, -0.2) is 0 Å². The zero-order chi connectivity index (χ0) is 36.7. The van der Waals surface area contributed by atoms with Crippen LogP contribution in [0.2, 0.25) is 0 Å². The van der Waals surface area contributed by atoms with E-state index in [4.69, 9.17) is 0 Å². The third-order valence-corrected chi connectivity index (χ3v) is 10.9. The van der Waals surface area contributed by atoms with Crippen molar-refractivity contribution in [2.75, 3.05) is 0 Å². The van der Waals surface area contributed by atoms with Crippen molar-refractivity contribution < 1.29 is 51.0 Å². The average Bonchev–Trinajstić information content (AvgIpc) is 3.82. The van der Waals surface area contributed by atoms with Gasteiger partial charge in [-0.2, -0.15) is 0 Å². The number of halogens is 2. The van der Waals surface area contributed by atoms with E-state index in [9.17, 15) is 0 Å². The Morgan fingerprint density at radius 1 is 0.607 bits per heavy atom. The number of hydrogen-bond donors (Lipinski definition) is 0. The molecule has 0 aliphatic heterocycles. The Kier molecular flexibility index (Phi) is 13.6. The Morgan fingerprint density at radius 2 is 1.12 bits per heavy atom. The van der Waals surface area contributed by atoms with Crippen molar-refractivity contribution in [1.29, 1.82) is 0 Å². The summed E-state index contributed by atoms with van der Waals surface area (Å²) in [7, 11) is 0. The van der Waals surface area contributed by atoms with Crippen LogP contribution in [0.15, 0.2) is 152 Å². The van der Waals surface area contributed by atoms with Gasteiger partial charge in [0, 0.05) is 0 Å². The maximum atomic E-state index is 4.14. The second-order valence-electron chi connectivity index (χ2n) is 16.8. The minimum absolute atomic E-state index is 0. The molecule has 2 aliphatic carbocycles. The maximum absolute atomic E-state index is 4.14. The molecule has 0 bridgehead atoms. The smallest absolute Gasteiger partial charge is 1.00 e. The van der Waals surface area contributed by atoms with Crippen LogP contribution in [-0.2, 0) is 49.9 Å². The zero-order valence-electron chi connectivity index (χ0n) is 33.3. The molecule has 0 saturated heterocycles. The Bertz CT molecular complexity index is 2570. The molecular weight excluding hydrogens is 799 g/mol. The maximum Gasteiger partial charge on any atom is 3.00 e. The Balaban J connectivity index is 0.00000200. The van der Waals surface area contributed by atoms with Crippen molar-refractivity contribution in [3.05, 3.63) is 206 Å². The molecule has 0 N–H and O–H groups in total. The van der Waals surface area contributed by atoms with E-state index in [0.29, 0.717) is 0 Å². The van der Waals surface area contributed by atoms with Crippen molar-refractivity contribution >= 4 is 17.2 Å². The van der Waals surface area contributed by atoms with E-state index < -0.39 is 0 Å². The van der Waals surface area contributed by atoms with Gasteiger partial charge in [0.2, 0.25) is 0 Å². The molecule has 0 fully saturated rings. The number of fused-ring (bicyclic) bond motifs is 2. The first-order valence-electron chi connectivity index (χ1n) is 19.2. The predicted molar refractivity (Wildman–Crippen MR) is 226 cm³/mol. The summed E-state index contributed by atoms with van der Waals surface area (Å²) >= 11 is 0. The van der Waals surface area contributed by atoms with Crippen LogP contribution in [0.4, 0.5) is 0 Å². The predicted octanol–water partition coefficient (Wildman–Crippen LogP) is 5.91. The van der Waals surface area contributed by atoms with Crippen LogP contribution in [0.1, 0.15) is 81.3 Å². The summed E-state index contributed by atoms with van der Waals surface area (Å²) in [5.41, 5.74) is 15.8. The van der Waals surface area contributed by atoms with E-state index in [1.54, 1.807) is 0 Å². The van der Waals surface area contributed by atoms with Crippen molar-refractivity contribution in [3.63, 3.8) is 0 Å². The largest absolute Gasteiger partial charge is 3.00 e. The Hall–Kier alpha value is -4.00. The molecule has 0 aromatic heterocycles. The molecule has 6 aromatic rings. The van der Waals surface area contributed by atoms with Gasteiger partial charge in [0.1, 0.15) is 0 Å². The quantitative estimate of drug-likeness (QED) is 0.176. The van der Waals surface area contributed by atoms with Crippen LogP contribution in [0.5, 0.6) is 0 Å². The molecule has 279 valence electrons. The first-order valence-corrected chi connectivity index (χ1v) is 19.2. The third-order valence-electron chi connectivity index (χ3n) is 10.9. The molecule has 0 saturated carbocycles. The van der Waals surface area contributed by atoms with Crippen molar-refractivity contribution in [3.8, 4) is 22.3 Å². The van der Waals surface area contributed by atoms with Crippen LogP contribution < -0.4 is 35.3 Å². The molecule has 0 nitrogen and oxygen atoms in total. The summed E-state index contributed by atoms with van der Waals surface area (Å²) < 4.78 is 0. The molecule has 0 spiro atoms. The number of allylic oxidation sites excluding steroid dienone is 4. The summed E-state index contributed by atoms with van der Waals surface area (Å²) in [6.07, 6.45) is 13.7. The monoisotopic (exact) mass is 845 g/mol. The second kappa shape index (κ2) is 17.6. The first kappa shape index (κ1) is 43.1. The number of hydrogen-bond acceptors (Lipinski definition) is 0. The summed E-state index contributed by atoms with van der Waals surface area (Å²) in [5.74, 6) is 0. The van der Waals surface area contributed by atoms with Gasteiger partial charge in [-0.1, -0.05) is 209 Å². The van der Waals surface area contributed by atoms with E-state index in [-0.39, 0.29) is 61.8 Å². The molecule has 0 atom stereocenters. The van der Waals surface area contributed by atoms with Gasteiger partial charge < -0.3 is 24.8 Å². The van der Waals surface area contributed by atoms with E-state index in [0.717, 1.165) is 19.3 Å². The summed E-state index contributed by atoms with van der Waals surface area (Å²) in [6, 6.07) is 49.2. The Morgan fingerprint density at radius 3 is 1.61 bits per heavy atom. The van der Waals surface area contributed by atoms with Gasteiger partial charge in [0.15, 0.2) is 0 Å². The average molecular weight is 848 g/mol. The molecule has 8 rings (SSSR count). The van der Waals surface area contributed by atoms with E-state index in [1.807, 2.05) is 0 Å². The van der Waals surface area contributed by atoms with Gasteiger partial charge >= 0.3 is 26.2 Å². The zero-order valence-corrected chi connectivity index (χ0v) is 37.3. The van der Waals surface area contributed by atoms with Crippen LogP contribution in [0.25, 0.3) is 39.5 Å². The van der Waals surface area contributed by atoms with E-state index >= 15 is 0 Å². The van der Waals surface area contributed by atoms with Gasteiger partial charge in [-0.15, -0.1) is 33.4 Å². The summed E-state index contributed by atoms with van der Waals surface area (Å²) in [6.45, 7) is 14.3. The molecule has 2 aliphatic rings. The summed E-state index contributed by atoms with van der Waals surface area (Å²) in [5, 5.41) is 5.23. The van der Waals surface area contributed by atoms with Crippen LogP contribution in [-0.4, -0.2) is 0 Å². The molecule has 0 heterocycles. The van der Waals surface area contributed by atoms with E-state index in [2.05, 4.69) is 199 Å². The van der Waals surface area contributed by atoms with Gasteiger partial charge in [-0.3, -0.25) is 0 Å². The van der Waals surface area contributed by atoms with Crippen molar-refractivity contribution in [1.82, 2.24) is 0 Å². The van der Waals surface area contributed by atoms with Gasteiger partial charge in [0.25, 0.3) is 0 Å². The molecule has 0 amide bonds. The molecule has 0 unspecified atom stereocenters. The van der Waals surface area contributed by atoms with E-state index in [1.165, 1.54) is 87.7 Å². The van der Waals surface area contributed by atoms with Gasteiger partial charge in [-0.05, 0) is 74.6 Å². The minimum atomic E-state index is -0.172. The van der Waals surface area contributed by atoms with Gasteiger partial charge in [0.05, 0.1) is 0 Å². The van der Waals surface area contributed by atoms with Crippen LogP contribution in [0, 0.1) is 10.4 Å². The molecule has 1 radical (unpaired) electrons. The van der Waals surface area contributed by atoms with Crippen molar-refractivity contribution in [2.45, 2.75) is 71.6 Å². The second-order valence-corrected chi connectivity index (χ2v) is 16.8. The van der Waals surface area contributed by atoms with Crippen LogP contribution in [0.3, 0.4) is 0 Å². The van der Waals surface area contributed by atoms with Crippen molar-refractivity contribution in [2.24, 2.45) is 0 Å². The topological polar surface area (TPSA) is 0 Å². The third kappa shape index (κ3) is 8.48. The molecule has 6 aromatic carbocycles. The fourth-order valence-electron chi connectivity index (χ4n) is 8.54. The molecular formula is C53H49Cl2Zr. The fourth-order valence-corrected chi connectivity index (χ4v) is 8.54. The minimum Gasteiger partial charge on any atom is -1.00 e. The normalized spacial score (nSPS) is 12.6. The molecule has 56 heavy (non-hydrogen) atoms. The fraction of sp³-hybridized carbons (Fsp3) is 0.208. The number of benzene rings is 6. The Labute approximate surface area is 365 Å². The molecule has 3 heteroatoms. The number of rotatable bonds is 7. The first-order chi connectivity index (χ1) is 25.6. The van der Waals surface area contributed by atoms with Crippen LogP contribution >= 0.6 is 0 Å². The summed E-state index contributed by atoms with van der Waals surface area (Å²) in [4.78, 5) is 0.